The number of nitrogens with zero attached hydrogens (tertiary/aromatic N) is 1. The summed E-state index contributed by atoms with van der Waals surface area (Å²) in [7, 11) is 0. The van der Waals surface area contributed by atoms with Crippen molar-refractivity contribution in [1.29, 1.82) is 0 Å². The number of hydrogen-bond acceptors (Lipinski definition) is 2. The molecule has 0 saturated carbocycles. The highest BCUT2D eigenvalue weighted by Gasteiger charge is 2.17. The third-order valence-electron chi connectivity index (χ3n) is 3.66. The first-order chi connectivity index (χ1) is 9.26. The Kier molecular flexibility index (Phi) is 3.16. The second kappa shape index (κ2) is 4.96. The minimum Gasteiger partial charge on any atom is -0.473 e. The van der Waals surface area contributed by atoms with Crippen LogP contribution in [0.15, 0.2) is 42.5 Å². The zero-order valence-corrected chi connectivity index (χ0v) is 11.5. The maximum absolute atomic E-state index is 5.83. The normalized spacial score (nSPS) is 13.9. The van der Waals surface area contributed by atoms with Crippen LogP contribution in [0.2, 0.25) is 0 Å². The third-order valence-corrected chi connectivity index (χ3v) is 3.66. The van der Waals surface area contributed by atoms with Gasteiger partial charge in [-0.1, -0.05) is 36.8 Å². The van der Waals surface area contributed by atoms with E-state index >= 15 is 0 Å². The van der Waals surface area contributed by atoms with Gasteiger partial charge in [-0.15, -0.1) is 0 Å². The molecule has 2 aromatic carbocycles. The highest BCUT2D eigenvalue weighted by molar-refractivity contribution is 5.51. The van der Waals surface area contributed by atoms with Crippen LogP contribution in [0.25, 0.3) is 0 Å². The molecule has 0 unspecified atom stereocenters. The van der Waals surface area contributed by atoms with Gasteiger partial charge in [0.15, 0.2) is 6.73 Å². The zero-order valence-electron chi connectivity index (χ0n) is 11.5. The molecular weight excluding hydrogens is 234 g/mol. The van der Waals surface area contributed by atoms with Crippen LogP contribution in [0.5, 0.6) is 5.75 Å². The summed E-state index contributed by atoms with van der Waals surface area (Å²) in [6, 6.07) is 15.1. The molecule has 1 aliphatic heterocycles. The average molecular weight is 253 g/mol. The van der Waals surface area contributed by atoms with E-state index in [1.54, 1.807) is 0 Å². The van der Waals surface area contributed by atoms with Crippen molar-refractivity contribution in [3.63, 3.8) is 0 Å². The Balaban J connectivity index is 1.84. The molecule has 0 saturated heterocycles. The fraction of sp³-hybridized carbons (Fsp3) is 0.294. The van der Waals surface area contributed by atoms with Gasteiger partial charge in [0.05, 0.1) is 0 Å². The quantitative estimate of drug-likeness (QED) is 0.804. The molecule has 0 radical (unpaired) electrons. The van der Waals surface area contributed by atoms with Crippen molar-refractivity contribution in [1.82, 2.24) is 0 Å². The molecule has 1 aliphatic rings. The summed E-state index contributed by atoms with van der Waals surface area (Å²) in [6.45, 7) is 5.84. The Hall–Kier alpha value is -1.96. The van der Waals surface area contributed by atoms with Crippen molar-refractivity contribution in [3.05, 3.63) is 59.2 Å². The van der Waals surface area contributed by atoms with Crippen LogP contribution in [-0.2, 0) is 13.0 Å². The average Bonchev–Trinajstić information content (AvgIpc) is 2.46. The highest BCUT2D eigenvalue weighted by atomic mass is 16.5. The van der Waals surface area contributed by atoms with Gasteiger partial charge in [0.1, 0.15) is 5.75 Å². The molecule has 0 aliphatic carbocycles. The van der Waals surface area contributed by atoms with Gasteiger partial charge < -0.3 is 9.64 Å². The SMILES string of the molecule is CCc1ccc(N2COc3ccc(C)cc3C2)cc1. The first kappa shape index (κ1) is 12.1. The summed E-state index contributed by atoms with van der Waals surface area (Å²) in [5.74, 6) is 1.02. The van der Waals surface area contributed by atoms with Gasteiger partial charge in [-0.3, -0.25) is 0 Å². The van der Waals surface area contributed by atoms with Gasteiger partial charge in [-0.2, -0.15) is 0 Å². The fourth-order valence-corrected chi connectivity index (χ4v) is 2.48. The van der Waals surface area contributed by atoms with Crippen molar-refractivity contribution in [2.45, 2.75) is 26.8 Å². The third kappa shape index (κ3) is 2.43. The molecule has 2 aromatic rings. The smallest absolute Gasteiger partial charge is 0.161 e. The van der Waals surface area contributed by atoms with Gasteiger partial charge in [-0.05, 0) is 37.1 Å². The van der Waals surface area contributed by atoms with Crippen LogP contribution in [0, 0.1) is 6.92 Å². The lowest BCUT2D eigenvalue weighted by Crippen LogP contribution is -2.31. The van der Waals surface area contributed by atoms with Gasteiger partial charge in [0.25, 0.3) is 0 Å². The van der Waals surface area contributed by atoms with Crippen LogP contribution in [0.3, 0.4) is 0 Å². The van der Waals surface area contributed by atoms with Crippen molar-refractivity contribution < 1.29 is 4.74 Å². The molecule has 2 nitrogen and oxygen atoms in total. The molecule has 0 spiro atoms. The van der Waals surface area contributed by atoms with E-state index in [0.717, 1.165) is 18.7 Å². The van der Waals surface area contributed by atoms with E-state index in [0.29, 0.717) is 6.73 Å². The molecule has 3 rings (SSSR count). The second-order valence-corrected chi connectivity index (χ2v) is 5.10. The molecule has 0 N–H and O–H groups in total. The number of rotatable bonds is 2. The van der Waals surface area contributed by atoms with Gasteiger partial charge in [0.2, 0.25) is 0 Å². The van der Waals surface area contributed by atoms with E-state index in [9.17, 15) is 0 Å². The molecule has 2 heteroatoms. The Morgan fingerprint density at radius 2 is 1.89 bits per heavy atom. The maximum Gasteiger partial charge on any atom is 0.161 e. The van der Waals surface area contributed by atoms with E-state index in [4.69, 9.17) is 4.74 Å². The summed E-state index contributed by atoms with van der Waals surface area (Å²) in [5, 5.41) is 0. The number of fused-ring (bicyclic) bond motifs is 1. The minimum absolute atomic E-state index is 0.627. The lowest BCUT2D eigenvalue weighted by atomic mass is 10.1. The summed E-state index contributed by atoms with van der Waals surface area (Å²) in [6.07, 6.45) is 1.08. The summed E-state index contributed by atoms with van der Waals surface area (Å²) in [4.78, 5) is 2.27. The molecule has 0 bridgehead atoms. The number of ether oxygens (including phenoxy) is 1. The number of anilines is 1. The Morgan fingerprint density at radius 1 is 1.11 bits per heavy atom. The molecule has 0 fully saturated rings. The van der Waals surface area contributed by atoms with Crippen molar-refractivity contribution in [2.75, 3.05) is 11.6 Å². The van der Waals surface area contributed by atoms with E-state index < -0.39 is 0 Å². The van der Waals surface area contributed by atoms with E-state index in [1.807, 2.05) is 0 Å². The minimum atomic E-state index is 0.627. The number of aryl methyl sites for hydroxylation is 2. The van der Waals surface area contributed by atoms with E-state index in [-0.39, 0.29) is 0 Å². The molecular formula is C17H19NO. The maximum atomic E-state index is 5.83. The molecule has 0 amide bonds. The zero-order chi connectivity index (χ0) is 13.2. The summed E-state index contributed by atoms with van der Waals surface area (Å²) < 4.78 is 5.83. The second-order valence-electron chi connectivity index (χ2n) is 5.10. The van der Waals surface area contributed by atoms with Crippen molar-refractivity contribution in [3.8, 4) is 5.75 Å². The first-order valence-corrected chi connectivity index (χ1v) is 6.82. The standard InChI is InChI=1S/C17H19NO/c1-3-14-5-7-16(8-6-14)18-11-15-10-13(2)4-9-17(15)19-12-18/h4-10H,3,11-12H2,1-2H3. The lowest BCUT2D eigenvalue weighted by Gasteiger charge is -2.31. The van der Waals surface area contributed by atoms with Gasteiger partial charge in [0, 0.05) is 17.8 Å². The number of hydrogen-bond donors (Lipinski definition) is 0. The molecule has 1 heterocycles. The van der Waals surface area contributed by atoms with E-state index in [1.165, 1.54) is 22.4 Å². The van der Waals surface area contributed by atoms with Crippen molar-refractivity contribution in [2.24, 2.45) is 0 Å². The van der Waals surface area contributed by atoms with Crippen LogP contribution in [0.4, 0.5) is 5.69 Å². The largest absolute Gasteiger partial charge is 0.473 e. The highest BCUT2D eigenvalue weighted by Crippen LogP contribution is 2.29. The van der Waals surface area contributed by atoms with Crippen molar-refractivity contribution >= 4 is 5.69 Å². The van der Waals surface area contributed by atoms with E-state index in [2.05, 4.69) is 61.2 Å². The first-order valence-electron chi connectivity index (χ1n) is 6.82. The number of benzene rings is 2. The van der Waals surface area contributed by atoms with Gasteiger partial charge in [-0.25, -0.2) is 0 Å². The predicted molar refractivity (Wildman–Crippen MR) is 78.7 cm³/mol. The Labute approximate surface area is 114 Å². The van der Waals surface area contributed by atoms with Gasteiger partial charge >= 0.3 is 0 Å². The summed E-state index contributed by atoms with van der Waals surface area (Å²) in [5.41, 5.74) is 5.15. The lowest BCUT2D eigenvalue weighted by molar-refractivity contribution is 0.289. The topological polar surface area (TPSA) is 12.5 Å². The molecule has 98 valence electrons. The molecule has 0 atom stereocenters. The molecule has 19 heavy (non-hydrogen) atoms. The monoisotopic (exact) mass is 253 g/mol. The summed E-state index contributed by atoms with van der Waals surface area (Å²) >= 11 is 0. The predicted octanol–water partition coefficient (Wildman–Crippen LogP) is 3.91. The Bertz CT molecular complexity index is 574. The van der Waals surface area contributed by atoms with Crippen LogP contribution < -0.4 is 9.64 Å². The fourth-order valence-electron chi connectivity index (χ4n) is 2.48. The van der Waals surface area contributed by atoms with Crippen LogP contribution in [-0.4, -0.2) is 6.73 Å². The Morgan fingerprint density at radius 3 is 2.63 bits per heavy atom. The molecule has 0 aromatic heterocycles. The van der Waals surface area contributed by atoms with Crippen LogP contribution in [0.1, 0.15) is 23.6 Å². The van der Waals surface area contributed by atoms with Crippen LogP contribution >= 0.6 is 0 Å².